The Morgan fingerprint density at radius 3 is 2.77 bits per heavy atom. The van der Waals surface area contributed by atoms with Gasteiger partial charge in [0.15, 0.2) is 0 Å². The van der Waals surface area contributed by atoms with E-state index in [-0.39, 0.29) is 0 Å². The van der Waals surface area contributed by atoms with Crippen LogP contribution in [0, 0.1) is 23.2 Å². The fourth-order valence-electron chi connectivity index (χ4n) is 3.32. The van der Waals surface area contributed by atoms with Crippen molar-refractivity contribution in [3.05, 3.63) is 0 Å². The van der Waals surface area contributed by atoms with Crippen LogP contribution in [0.4, 0.5) is 0 Å². The van der Waals surface area contributed by atoms with Gasteiger partial charge in [-0.1, -0.05) is 13.8 Å². The predicted molar refractivity (Wildman–Crippen MR) is 50.1 cm³/mol. The number of ether oxygens (including phenoxy) is 1. The van der Waals surface area contributed by atoms with Crippen LogP contribution in [-0.4, -0.2) is 13.1 Å². The van der Waals surface area contributed by atoms with E-state index < -0.39 is 0 Å². The highest BCUT2D eigenvalue weighted by Crippen LogP contribution is 2.61. The van der Waals surface area contributed by atoms with Gasteiger partial charge in [0.05, 0.1) is 6.61 Å². The molecule has 2 heteroatoms. The normalized spacial score (nSPS) is 40.6. The lowest BCUT2D eigenvalue weighted by Gasteiger charge is -2.59. The maximum atomic E-state index is 10.1. The second-order valence-corrected chi connectivity index (χ2v) is 5.13. The molecule has 3 rings (SSSR count). The van der Waals surface area contributed by atoms with Crippen LogP contribution in [0.1, 0.15) is 33.1 Å². The Morgan fingerprint density at radius 2 is 2.23 bits per heavy atom. The molecule has 3 atom stereocenters. The second kappa shape index (κ2) is 3.00. The summed E-state index contributed by atoms with van der Waals surface area (Å²) >= 11 is 0. The fourth-order valence-corrected chi connectivity index (χ4v) is 3.32. The van der Waals surface area contributed by atoms with Gasteiger partial charge in [-0.25, -0.2) is 0 Å². The number of carbonyl (C=O) groups is 1. The molecule has 74 valence electrons. The Balaban J connectivity index is 1.95. The first-order chi connectivity index (χ1) is 6.16. The molecule has 3 aliphatic rings. The van der Waals surface area contributed by atoms with Gasteiger partial charge in [0.25, 0.3) is 6.47 Å². The van der Waals surface area contributed by atoms with Gasteiger partial charge in [-0.3, -0.25) is 4.79 Å². The molecule has 3 aliphatic carbocycles. The Bertz CT molecular complexity index is 208. The smallest absolute Gasteiger partial charge is 0.293 e. The molecule has 0 amide bonds. The number of hydrogen-bond acceptors (Lipinski definition) is 2. The molecule has 0 aromatic carbocycles. The topological polar surface area (TPSA) is 26.3 Å². The number of hydrogen-bond donors (Lipinski definition) is 0. The molecule has 3 fully saturated rings. The molecule has 0 aromatic heterocycles. The van der Waals surface area contributed by atoms with Crippen molar-refractivity contribution in [3.8, 4) is 0 Å². The Hall–Kier alpha value is -0.530. The minimum absolute atomic E-state index is 0.509. The molecule has 0 aromatic rings. The highest BCUT2D eigenvalue weighted by molar-refractivity contribution is 5.36. The third-order valence-electron chi connectivity index (χ3n) is 4.38. The summed E-state index contributed by atoms with van der Waals surface area (Å²) in [5, 5.41) is 0. The van der Waals surface area contributed by atoms with Crippen LogP contribution in [-0.2, 0) is 9.53 Å². The quantitative estimate of drug-likeness (QED) is 0.626. The monoisotopic (exact) mass is 182 g/mol. The van der Waals surface area contributed by atoms with Gasteiger partial charge in [0, 0.05) is 0 Å². The lowest BCUT2D eigenvalue weighted by Crippen LogP contribution is -2.53. The van der Waals surface area contributed by atoms with Gasteiger partial charge in [0.2, 0.25) is 0 Å². The first kappa shape index (κ1) is 9.04. The zero-order valence-electron chi connectivity index (χ0n) is 8.45. The van der Waals surface area contributed by atoms with E-state index in [0.29, 0.717) is 24.4 Å². The molecule has 2 nitrogen and oxygen atoms in total. The van der Waals surface area contributed by atoms with Crippen LogP contribution in [0.15, 0.2) is 0 Å². The lowest BCUT2D eigenvalue weighted by atomic mass is 9.46. The highest BCUT2D eigenvalue weighted by atomic mass is 16.5. The SMILES string of the molecule is CC1(C)[C@H]2CCC(COC=O)[C@@H]1C2. The summed E-state index contributed by atoms with van der Waals surface area (Å²) in [5.41, 5.74) is 0.509. The summed E-state index contributed by atoms with van der Waals surface area (Å²) in [4.78, 5) is 10.1. The maximum absolute atomic E-state index is 10.1. The average Bonchev–Trinajstić information content (AvgIpc) is 2.14. The molecule has 2 bridgehead atoms. The van der Waals surface area contributed by atoms with E-state index in [2.05, 4.69) is 13.8 Å². The van der Waals surface area contributed by atoms with Crippen LogP contribution >= 0.6 is 0 Å². The molecule has 13 heavy (non-hydrogen) atoms. The van der Waals surface area contributed by atoms with Gasteiger partial charge in [-0.05, 0) is 42.4 Å². The van der Waals surface area contributed by atoms with Gasteiger partial charge < -0.3 is 4.74 Å². The van der Waals surface area contributed by atoms with E-state index >= 15 is 0 Å². The average molecular weight is 182 g/mol. The van der Waals surface area contributed by atoms with Crippen LogP contribution < -0.4 is 0 Å². The van der Waals surface area contributed by atoms with Gasteiger partial charge in [0.1, 0.15) is 0 Å². The lowest BCUT2D eigenvalue weighted by molar-refractivity contribution is -0.143. The number of carbonyl (C=O) groups excluding carboxylic acids is 1. The van der Waals surface area contributed by atoms with Crippen molar-refractivity contribution in [2.24, 2.45) is 23.2 Å². The van der Waals surface area contributed by atoms with Gasteiger partial charge in [-0.2, -0.15) is 0 Å². The van der Waals surface area contributed by atoms with Crippen molar-refractivity contribution in [2.75, 3.05) is 6.61 Å². The summed E-state index contributed by atoms with van der Waals surface area (Å²) in [6.07, 6.45) is 3.95. The third-order valence-corrected chi connectivity index (χ3v) is 4.38. The number of fused-ring (bicyclic) bond motifs is 2. The highest BCUT2D eigenvalue weighted by Gasteiger charge is 2.54. The zero-order valence-corrected chi connectivity index (χ0v) is 8.45. The largest absolute Gasteiger partial charge is 0.468 e. The molecular weight excluding hydrogens is 164 g/mol. The summed E-state index contributed by atoms with van der Waals surface area (Å²) in [7, 11) is 0. The summed E-state index contributed by atoms with van der Waals surface area (Å²) < 4.78 is 4.88. The van der Waals surface area contributed by atoms with Crippen LogP contribution in [0.5, 0.6) is 0 Å². The first-order valence-electron chi connectivity index (χ1n) is 5.21. The molecule has 0 saturated heterocycles. The maximum Gasteiger partial charge on any atom is 0.293 e. The van der Waals surface area contributed by atoms with Crippen LogP contribution in [0.3, 0.4) is 0 Å². The van der Waals surface area contributed by atoms with Crippen molar-refractivity contribution in [2.45, 2.75) is 33.1 Å². The van der Waals surface area contributed by atoms with E-state index in [1.807, 2.05) is 0 Å². The molecule has 0 aliphatic heterocycles. The standard InChI is InChI=1S/C11H18O2/c1-11(2)9-4-3-8(6-13-7-12)10(11)5-9/h7-10H,3-6H2,1-2H3/t8?,9-,10-/m0/s1. The van der Waals surface area contributed by atoms with E-state index in [1.54, 1.807) is 0 Å². The van der Waals surface area contributed by atoms with Gasteiger partial charge in [-0.15, -0.1) is 0 Å². The molecule has 0 radical (unpaired) electrons. The van der Waals surface area contributed by atoms with Crippen molar-refractivity contribution in [1.82, 2.24) is 0 Å². The summed E-state index contributed by atoms with van der Waals surface area (Å²) in [6, 6.07) is 0. The Labute approximate surface area is 79.7 Å². The van der Waals surface area contributed by atoms with Crippen molar-refractivity contribution in [3.63, 3.8) is 0 Å². The predicted octanol–water partition coefficient (Wildman–Crippen LogP) is 2.23. The Morgan fingerprint density at radius 1 is 1.46 bits per heavy atom. The molecule has 3 saturated carbocycles. The van der Waals surface area contributed by atoms with Crippen LogP contribution in [0.2, 0.25) is 0 Å². The molecule has 0 heterocycles. The molecular formula is C11H18O2. The second-order valence-electron chi connectivity index (χ2n) is 5.13. The van der Waals surface area contributed by atoms with Gasteiger partial charge >= 0.3 is 0 Å². The van der Waals surface area contributed by atoms with Crippen molar-refractivity contribution >= 4 is 6.47 Å². The zero-order chi connectivity index (χ0) is 9.47. The molecule has 1 unspecified atom stereocenters. The van der Waals surface area contributed by atoms with Crippen molar-refractivity contribution in [1.29, 1.82) is 0 Å². The minimum atomic E-state index is 0.509. The fraction of sp³-hybridized carbons (Fsp3) is 0.909. The van der Waals surface area contributed by atoms with Crippen molar-refractivity contribution < 1.29 is 9.53 Å². The van der Waals surface area contributed by atoms with E-state index in [0.717, 1.165) is 11.8 Å². The third kappa shape index (κ3) is 1.27. The van der Waals surface area contributed by atoms with E-state index in [1.165, 1.54) is 19.3 Å². The minimum Gasteiger partial charge on any atom is -0.468 e. The molecule has 0 spiro atoms. The van der Waals surface area contributed by atoms with E-state index in [9.17, 15) is 4.79 Å². The van der Waals surface area contributed by atoms with Crippen LogP contribution in [0.25, 0.3) is 0 Å². The Kier molecular flexibility index (Phi) is 2.09. The summed E-state index contributed by atoms with van der Waals surface area (Å²) in [6.45, 7) is 5.94. The number of rotatable bonds is 3. The first-order valence-corrected chi connectivity index (χ1v) is 5.21. The summed E-state index contributed by atoms with van der Waals surface area (Å²) in [5.74, 6) is 2.36. The molecule has 0 N–H and O–H groups in total. The van der Waals surface area contributed by atoms with E-state index in [4.69, 9.17) is 4.74 Å².